The monoisotopic (exact) mass is 243 g/mol. The van der Waals surface area contributed by atoms with E-state index in [1.165, 1.54) is 24.1 Å². The van der Waals surface area contributed by atoms with Gasteiger partial charge in [0.05, 0.1) is 4.34 Å². The number of rotatable bonds is 5. The summed E-state index contributed by atoms with van der Waals surface area (Å²) >= 11 is 7.60. The van der Waals surface area contributed by atoms with Crippen LogP contribution in [-0.2, 0) is 0 Å². The van der Waals surface area contributed by atoms with Crippen molar-refractivity contribution in [2.75, 3.05) is 0 Å². The fourth-order valence-corrected chi connectivity index (χ4v) is 3.06. The zero-order valence-electron chi connectivity index (χ0n) is 9.29. The predicted molar refractivity (Wildman–Crippen MR) is 67.7 cm³/mol. The van der Waals surface area contributed by atoms with Gasteiger partial charge in [-0.3, -0.25) is 0 Å². The van der Waals surface area contributed by atoms with E-state index in [0.717, 1.165) is 10.3 Å². The lowest BCUT2D eigenvalue weighted by atomic mass is 10.1. The van der Waals surface area contributed by atoms with E-state index < -0.39 is 0 Å². The first-order valence-corrected chi connectivity index (χ1v) is 6.86. The van der Waals surface area contributed by atoms with Crippen molar-refractivity contribution in [3.8, 4) is 0 Å². The summed E-state index contributed by atoms with van der Waals surface area (Å²) in [4.78, 5) is 1.34. The summed E-state index contributed by atoms with van der Waals surface area (Å²) in [7, 11) is 0. The van der Waals surface area contributed by atoms with E-state index in [0.29, 0.717) is 12.1 Å². The molecule has 15 heavy (non-hydrogen) atoms. The van der Waals surface area contributed by atoms with Crippen LogP contribution in [0.4, 0.5) is 0 Å². The van der Waals surface area contributed by atoms with Crippen molar-refractivity contribution in [1.82, 2.24) is 5.32 Å². The molecule has 2 atom stereocenters. The first-order chi connectivity index (χ1) is 7.15. The Morgan fingerprint density at radius 1 is 1.47 bits per heavy atom. The molecular weight excluding hydrogens is 226 g/mol. The normalized spacial score (nSPS) is 20.2. The van der Waals surface area contributed by atoms with Crippen molar-refractivity contribution in [3.05, 3.63) is 21.3 Å². The molecule has 1 nitrogen and oxygen atoms in total. The first kappa shape index (κ1) is 11.4. The van der Waals surface area contributed by atoms with Crippen LogP contribution in [-0.4, -0.2) is 6.04 Å². The van der Waals surface area contributed by atoms with Crippen molar-refractivity contribution >= 4 is 22.9 Å². The number of thiophene rings is 1. The summed E-state index contributed by atoms with van der Waals surface area (Å²) in [6, 6.07) is 5.14. The molecule has 0 saturated heterocycles. The van der Waals surface area contributed by atoms with Crippen molar-refractivity contribution < 1.29 is 0 Å². The van der Waals surface area contributed by atoms with Gasteiger partial charge in [-0.05, 0) is 38.3 Å². The quantitative estimate of drug-likeness (QED) is 0.816. The van der Waals surface area contributed by atoms with E-state index in [-0.39, 0.29) is 0 Å². The highest BCUT2D eigenvalue weighted by atomic mass is 35.5. The zero-order valence-corrected chi connectivity index (χ0v) is 10.9. The number of hydrogen-bond donors (Lipinski definition) is 1. The van der Waals surface area contributed by atoms with Crippen LogP contribution in [0.3, 0.4) is 0 Å². The summed E-state index contributed by atoms with van der Waals surface area (Å²) in [5.41, 5.74) is 0. The van der Waals surface area contributed by atoms with E-state index in [9.17, 15) is 0 Å². The molecule has 0 aliphatic heterocycles. The van der Waals surface area contributed by atoms with Crippen LogP contribution < -0.4 is 5.32 Å². The summed E-state index contributed by atoms with van der Waals surface area (Å²) in [6.07, 6.45) is 4.19. The van der Waals surface area contributed by atoms with Gasteiger partial charge in [0, 0.05) is 17.0 Å². The first-order valence-electron chi connectivity index (χ1n) is 5.66. The van der Waals surface area contributed by atoms with Gasteiger partial charge in [0.1, 0.15) is 0 Å². The minimum Gasteiger partial charge on any atom is -0.307 e. The van der Waals surface area contributed by atoms with Crippen LogP contribution in [0.1, 0.15) is 44.0 Å². The third-order valence-electron chi connectivity index (χ3n) is 2.94. The minimum absolute atomic E-state index is 0.427. The maximum atomic E-state index is 5.93. The molecule has 1 N–H and O–H groups in total. The minimum atomic E-state index is 0.427. The van der Waals surface area contributed by atoms with Gasteiger partial charge in [0.2, 0.25) is 0 Å². The summed E-state index contributed by atoms with van der Waals surface area (Å²) in [5.74, 6) is 0.992. The van der Waals surface area contributed by atoms with E-state index in [2.05, 4.69) is 25.2 Å². The average molecular weight is 244 g/mol. The van der Waals surface area contributed by atoms with Crippen LogP contribution in [0.15, 0.2) is 12.1 Å². The summed E-state index contributed by atoms with van der Waals surface area (Å²) in [5, 5.41) is 3.63. The maximum Gasteiger partial charge on any atom is 0.0931 e. The Balaban J connectivity index is 1.82. The molecule has 1 fully saturated rings. The number of halogens is 1. The van der Waals surface area contributed by atoms with Crippen LogP contribution >= 0.6 is 22.9 Å². The summed E-state index contributed by atoms with van der Waals surface area (Å²) < 4.78 is 0.883. The van der Waals surface area contributed by atoms with E-state index in [1.807, 2.05) is 6.07 Å². The van der Waals surface area contributed by atoms with Gasteiger partial charge in [-0.2, -0.15) is 0 Å². The molecule has 0 amide bonds. The van der Waals surface area contributed by atoms with E-state index in [1.54, 1.807) is 11.3 Å². The molecule has 3 heteroatoms. The highest BCUT2D eigenvalue weighted by Gasteiger charge is 2.24. The van der Waals surface area contributed by atoms with E-state index in [4.69, 9.17) is 11.6 Å². The molecule has 1 aliphatic carbocycles. The number of hydrogen-bond acceptors (Lipinski definition) is 2. The molecule has 1 heterocycles. The Kier molecular flexibility index (Phi) is 3.70. The van der Waals surface area contributed by atoms with Gasteiger partial charge >= 0.3 is 0 Å². The topological polar surface area (TPSA) is 12.0 Å². The lowest BCUT2D eigenvalue weighted by Gasteiger charge is -2.18. The fraction of sp³-hybridized carbons (Fsp3) is 0.667. The third kappa shape index (κ3) is 3.47. The van der Waals surface area contributed by atoms with Crippen LogP contribution in [0.25, 0.3) is 0 Å². The largest absolute Gasteiger partial charge is 0.307 e. The van der Waals surface area contributed by atoms with Crippen molar-refractivity contribution in [3.63, 3.8) is 0 Å². The molecule has 1 aliphatic rings. The van der Waals surface area contributed by atoms with Gasteiger partial charge in [-0.1, -0.05) is 24.4 Å². The number of nitrogens with one attached hydrogen (secondary N) is 1. The highest BCUT2D eigenvalue weighted by molar-refractivity contribution is 7.16. The van der Waals surface area contributed by atoms with E-state index >= 15 is 0 Å². The van der Waals surface area contributed by atoms with Gasteiger partial charge in [-0.15, -0.1) is 11.3 Å². The van der Waals surface area contributed by atoms with Gasteiger partial charge in [0.15, 0.2) is 0 Å². The van der Waals surface area contributed by atoms with Gasteiger partial charge in [0.25, 0.3) is 0 Å². The van der Waals surface area contributed by atoms with Gasteiger partial charge < -0.3 is 5.32 Å². The Labute approximate surface area is 101 Å². The predicted octanol–water partition coefficient (Wildman–Crippen LogP) is 4.24. The second kappa shape index (κ2) is 4.86. The highest BCUT2D eigenvalue weighted by Crippen LogP contribution is 2.34. The molecule has 1 aromatic rings. The van der Waals surface area contributed by atoms with Crippen LogP contribution in [0, 0.1) is 5.92 Å². The van der Waals surface area contributed by atoms with Crippen molar-refractivity contribution in [1.29, 1.82) is 0 Å². The molecule has 0 spiro atoms. The second-order valence-corrected chi connectivity index (χ2v) is 6.36. The van der Waals surface area contributed by atoms with Gasteiger partial charge in [-0.25, -0.2) is 0 Å². The standard InChI is InChI=1S/C12H18ClNS/c1-8(7-10-3-4-10)14-9(2)11-5-6-12(13)15-11/h5-6,8-10,14H,3-4,7H2,1-2H3. The fourth-order valence-electron chi connectivity index (χ4n) is 1.99. The Hall–Kier alpha value is -0.0500. The van der Waals surface area contributed by atoms with Crippen molar-refractivity contribution in [2.24, 2.45) is 5.92 Å². The SMILES string of the molecule is CC(CC1CC1)NC(C)c1ccc(Cl)s1. The molecule has 2 rings (SSSR count). The van der Waals surface area contributed by atoms with Crippen LogP contribution in [0.5, 0.6) is 0 Å². The second-order valence-electron chi connectivity index (χ2n) is 4.61. The zero-order chi connectivity index (χ0) is 10.8. The Bertz CT molecular complexity index is 319. The molecule has 0 radical (unpaired) electrons. The summed E-state index contributed by atoms with van der Waals surface area (Å²) in [6.45, 7) is 4.50. The Morgan fingerprint density at radius 2 is 2.20 bits per heavy atom. The molecule has 0 bridgehead atoms. The molecular formula is C12H18ClNS. The molecule has 0 aromatic carbocycles. The lowest BCUT2D eigenvalue weighted by Crippen LogP contribution is -2.28. The lowest BCUT2D eigenvalue weighted by molar-refractivity contribution is 0.442. The smallest absolute Gasteiger partial charge is 0.0931 e. The van der Waals surface area contributed by atoms with Crippen molar-refractivity contribution in [2.45, 2.75) is 45.2 Å². The molecule has 1 saturated carbocycles. The maximum absolute atomic E-state index is 5.93. The molecule has 1 aromatic heterocycles. The average Bonchev–Trinajstić information content (AvgIpc) is 2.85. The third-order valence-corrected chi connectivity index (χ3v) is 4.35. The molecule has 84 valence electrons. The Morgan fingerprint density at radius 3 is 2.73 bits per heavy atom. The molecule has 2 unspecified atom stereocenters. The van der Waals surface area contributed by atoms with Crippen LogP contribution in [0.2, 0.25) is 4.34 Å².